The van der Waals surface area contributed by atoms with Crippen LogP contribution >= 0.6 is 22.9 Å². The van der Waals surface area contributed by atoms with E-state index in [0.717, 1.165) is 33.6 Å². The molecule has 1 fully saturated rings. The molecule has 0 aliphatic heterocycles. The summed E-state index contributed by atoms with van der Waals surface area (Å²) in [5.41, 5.74) is 0.590. The van der Waals surface area contributed by atoms with E-state index in [1.807, 2.05) is 12.1 Å². The summed E-state index contributed by atoms with van der Waals surface area (Å²) in [6.45, 7) is 0. The van der Waals surface area contributed by atoms with E-state index in [-0.39, 0.29) is 5.41 Å². The molecule has 1 aliphatic carbocycles. The number of aromatic nitrogens is 2. The number of H-pyrrole nitrogens is 1. The molecule has 0 bridgehead atoms. The standard InChI is InChI=1S/C11H8ClN3S/c12-9-2-1-8(16-9)7-5-14-10(15-7)11(6-13)3-4-11/h1-2,5H,3-4H2,(H,14,15). The Morgan fingerprint density at radius 2 is 2.31 bits per heavy atom. The van der Waals surface area contributed by atoms with E-state index in [9.17, 15) is 0 Å². The number of nitriles is 1. The number of hydrogen-bond donors (Lipinski definition) is 1. The smallest absolute Gasteiger partial charge is 0.127 e. The van der Waals surface area contributed by atoms with Crippen LogP contribution in [0.25, 0.3) is 10.6 Å². The Balaban J connectivity index is 1.97. The Hall–Kier alpha value is -1.31. The predicted octanol–water partition coefficient (Wildman–Crippen LogP) is 3.35. The molecule has 2 heterocycles. The zero-order valence-electron chi connectivity index (χ0n) is 8.33. The van der Waals surface area contributed by atoms with Gasteiger partial charge < -0.3 is 4.98 Å². The first kappa shape index (κ1) is 9.88. The maximum atomic E-state index is 9.07. The summed E-state index contributed by atoms with van der Waals surface area (Å²) in [6, 6.07) is 6.14. The minimum atomic E-state index is -0.348. The molecule has 1 N–H and O–H groups in total. The Bertz CT molecular complexity index is 574. The van der Waals surface area contributed by atoms with Crippen molar-refractivity contribution in [3.8, 4) is 16.6 Å². The topological polar surface area (TPSA) is 52.5 Å². The van der Waals surface area contributed by atoms with Gasteiger partial charge in [0.05, 0.1) is 27.2 Å². The van der Waals surface area contributed by atoms with Gasteiger partial charge in [0.1, 0.15) is 11.2 Å². The largest absolute Gasteiger partial charge is 0.340 e. The SMILES string of the molecule is N#CC1(c2ncc(-c3ccc(Cl)s3)[nH]2)CC1. The summed E-state index contributed by atoms with van der Waals surface area (Å²) in [5, 5.41) is 9.07. The van der Waals surface area contributed by atoms with Crippen LogP contribution < -0.4 is 0 Å². The van der Waals surface area contributed by atoms with Gasteiger partial charge in [-0.1, -0.05) is 11.6 Å². The molecule has 0 aromatic carbocycles. The summed E-state index contributed by atoms with van der Waals surface area (Å²) >= 11 is 7.38. The highest BCUT2D eigenvalue weighted by molar-refractivity contribution is 7.19. The van der Waals surface area contributed by atoms with Gasteiger partial charge in [-0.15, -0.1) is 11.3 Å². The van der Waals surface area contributed by atoms with Crippen LogP contribution in [0, 0.1) is 11.3 Å². The van der Waals surface area contributed by atoms with Crippen molar-refractivity contribution in [2.75, 3.05) is 0 Å². The Kier molecular flexibility index (Phi) is 2.06. The van der Waals surface area contributed by atoms with Gasteiger partial charge in [0, 0.05) is 0 Å². The molecule has 1 saturated carbocycles. The third-order valence-corrected chi connectivity index (χ3v) is 4.10. The summed E-state index contributed by atoms with van der Waals surface area (Å²) in [6.07, 6.45) is 3.58. The Morgan fingerprint density at radius 1 is 1.50 bits per heavy atom. The highest BCUT2D eigenvalue weighted by atomic mass is 35.5. The van der Waals surface area contributed by atoms with E-state index < -0.39 is 0 Å². The van der Waals surface area contributed by atoms with Crippen molar-refractivity contribution in [2.24, 2.45) is 0 Å². The molecule has 0 radical (unpaired) electrons. The molecule has 2 aromatic rings. The van der Waals surface area contributed by atoms with E-state index in [0.29, 0.717) is 0 Å². The van der Waals surface area contributed by atoms with Crippen LogP contribution in [0.5, 0.6) is 0 Å². The summed E-state index contributed by atoms with van der Waals surface area (Å²) in [4.78, 5) is 8.56. The van der Waals surface area contributed by atoms with E-state index in [1.165, 1.54) is 11.3 Å². The third kappa shape index (κ3) is 1.44. The average Bonchev–Trinajstić information content (AvgIpc) is 2.74. The van der Waals surface area contributed by atoms with Gasteiger partial charge in [-0.3, -0.25) is 0 Å². The van der Waals surface area contributed by atoms with E-state index >= 15 is 0 Å². The van der Waals surface area contributed by atoms with Crippen molar-refractivity contribution in [3.63, 3.8) is 0 Å². The van der Waals surface area contributed by atoms with Gasteiger partial charge in [-0.2, -0.15) is 5.26 Å². The fraction of sp³-hybridized carbons (Fsp3) is 0.273. The molecule has 0 saturated heterocycles. The Morgan fingerprint density at radius 3 is 2.88 bits per heavy atom. The lowest BCUT2D eigenvalue weighted by Crippen LogP contribution is -2.04. The second kappa shape index (κ2) is 3.34. The van der Waals surface area contributed by atoms with Crippen LogP contribution in [0.2, 0.25) is 4.34 Å². The molecule has 16 heavy (non-hydrogen) atoms. The number of nitrogens with zero attached hydrogens (tertiary/aromatic N) is 2. The van der Waals surface area contributed by atoms with Gasteiger partial charge in [-0.25, -0.2) is 4.98 Å². The number of halogens is 1. The van der Waals surface area contributed by atoms with Crippen LogP contribution in [0.3, 0.4) is 0 Å². The maximum absolute atomic E-state index is 9.07. The lowest BCUT2D eigenvalue weighted by molar-refractivity contribution is 0.822. The summed E-state index contributed by atoms with van der Waals surface area (Å²) in [7, 11) is 0. The number of hydrogen-bond acceptors (Lipinski definition) is 3. The maximum Gasteiger partial charge on any atom is 0.127 e. The number of rotatable bonds is 2. The van der Waals surface area contributed by atoms with Crippen LogP contribution in [0.15, 0.2) is 18.3 Å². The van der Waals surface area contributed by atoms with Crippen molar-refractivity contribution >= 4 is 22.9 Å². The number of imidazole rings is 1. The second-order valence-electron chi connectivity index (χ2n) is 3.94. The summed E-state index contributed by atoms with van der Waals surface area (Å²) in [5.74, 6) is 0.787. The van der Waals surface area contributed by atoms with Gasteiger partial charge in [-0.05, 0) is 25.0 Å². The van der Waals surface area contributed by atoms with E-state index in [2.05, 4.69) is 16.0 Å². The first-order chi connectivity index (χ1) is 7.73. The zero-order valence-corrected chi connectivity index (χ0v) is 9.90. The second-order valence-corrected chi connectivity index (χ2v) is 5.66. The van der Waals surface area contributed by atoms with Crippen molar-refractivity contribution in [1.29, 1.82) is 5.26 Å². The van der Waals surface area contributed by atoms with Crippen molar-refractivity contribution in [2.45, 2.75) is 18.3 Å². The van der Waals surface area contributed by atoms with Crippen molar-refractivity contribution in [3.05, 3.63) is 28.5 Å². The monoisotopic (exact) mass is 249 g/mol. The highest BCUT2D eigenvalue weighted by Crippen LogP contribution is 2.46. The molecule has 0 amide bonds. The van der Waals surface area contributed by atoms with Crippen molar-refractivity contribution < 1.29 is 0 Å². The number of nitrogens with one attached hydrogen (secondary N) is 1. The van der Waals surface area contributed by atoms with E-state index in [1.54, 1.807) is 6.20 Å². The van der Waals surface area contributed by atoms with Gasteiger partial charge >= 0.3 is 0 Å². The molecule has 0 unspecified atom stereocenters. The van der Waals surface area contributed by atoms with Gasteiger partial charge in [0.25, 0.3) is 0 Å². The number of aromatic amines is 1. The fourth-order valence-electron chi connectivity index (χ4n) is 1.68. The van der Waals surface area contributed by atoms with Crippen LogP contribution in [0.4, 0.5) is 0 Å². The minimum Gasteiger partial charge on any atom is -0.340 e. The fourth-order valence-corrected chi connectivity index (χ4v) is 2.68. The van der Waals surface area contributed by atoms with Crippen LogP contribution in [0.1, 0.15) is 18.7 Å². The molecule has 2 aromatic heterocycles. The molecule has 1 aliphatic rings. The highest BCUT2D eigenvalue weighted by Gasteiger charge is 2.47. The van der Waals surface area contributed by atoms with Gasteiger partial charge in [0.15, 0.2) is 0 Å². The quantitative estimate of drug-likeness (QED) is 0.887. The van der Waals surface area contributed by atoms with Gasteiger partial charge in [0.2, 0.25) is 0 Å². The lowest BCUT2D eigenvalue weighted by Gasteiger charge is -1.98. The van der Waals surface area contributed by atoms with E-state index in [4.69, 9.17) is 16.9 Å². The van der Waals surface area contributed by atoms with Crippen molar-refractivity contribution in [1.82, 2.24) is 9.97 Å². The lowest BCUT2D eigenvalue weighted by atomic mass is 10.1. The van der Waals surface area contributed by atoms with Crippen LogP contribution in [-0.4, -0.2) is 9.97 Å². The van der Waals surface area contributed by atoms with Crippen LogP contribution in [-0.2, 0) is 5.41 Å². The molecule has 3 nitrogen and oxygen atoms in total. The normalized spacial score (nSPS) is 17.0. The first-order valence-electron chi connectivity index (χ1n) is 4.96. The Labute approximate surface area is 102 Å². The average molecular weight is 250 g/mol. The molecular formula is C11H8ClN3S. The molecule has 0 spiro atoms. The zero-order chi connectivity index (χ0) is 11.2. The molecule has 80 valence electrons. The number of thiophene rings is 1. The first-order valence-corrected chi connectivity index (χ1v) is 6.15. The molecule has 5 heteroatoms. The third-order valence-electron chi connectivity index (χ3n) is 2.83. The molecular weight excluding hydrogens is 242 g/mol. The minimum absolute atomic E-state index is 0.348. The molecule has 0 atom stereocenters. The predicted molar refractivity (Wildman–Crippen MR) is 63.4 cm³/mol. The molecule has 3 rings (SSSR count). The summed E-state index contributed by atoms with van der Waals surface area (Å²) < 4.78 is 0.757.